The Morgan fingerprint density at radius 2 is 1.91 bits per heavy atom. The molecule has 0 bridgehead atoms. The molecule has 8 heteroatoms. The third-order valence-electron chi connectivity index (χ3n) is 7.66. The molecule has 2 saturated heterocycles. The van der Waals surface area contributed by atoms with Gasteiger partial charge in [0.2, 0.25) is 0 Å². The first-order valence-corrected chi connectivity index (χ1v) is 12.2. The Hall–Kier alpha value is -2.09. The van der Waals surface area contributed by atoms with Crippen LogP contribution >= 0.6 is 11.6 Å². The molecule has 7 nitrogen and oxygen atoms in total. The summed E-state index contributed by atoms with van der Waals surface area (Å²) in [5.41, 5.74) is 3.29. The van der Waals surface area contributed by atoms with Crippen LogP contribution in [0.5, 0.6) is 0 Å². The summed E-state index contributed by atoms with van der Waals surface area (Å²) in [5, 5.41) is 11.2. The van der Waals surface area contributed by atoms with Crippen LogP contribution in [-0.2, 0) is 10.3 Å². The van der Waals surface area contributed by atoms with Crippen molar-refractivity contribution in [1.29, 1.82) is 0 Å². The Bertz CT molecular complexity index is 1120. The standard InChI is InChI=1S/C24H31ClN6O/c1-17-11-24(2,12-17)30-15-20(14-26-30)31-22-10-23(21(25)9-18(22)13-27-31)29-6-4-28(5-7-29)19-3-8-32-16-19/h9-10,13-15,17,19H,3-8,11-12,16H2,1-2H3. The van der Waals surface area contributed by atoms with Crippen molar-refractivity contribution < 1.29 is 4.74 Å². The average Bonchev–Trinajstić information content (AvgIpc) is 3.52. The summed E-state index contributed by atoms with van der Waals surface area (Å²) in [4.78, 5) is 4.97. The highest BCUT2D eigenvalue weighted by molar-refractivity contribution is 6.34. The molecule has 6 rings (SSSR count). The molecule has 0 radical (unpaired) electrons. The molecule has 1 aromatic carbocycles. The first-order valence-electron chi connectivity index (χ1n) is 11.8. The molecular formula is C24H31ClN6O. The number of aromatic nitrogens is 4. The second-order valence-corrected chi connectivity index (χ2v) is 10.5. The highest BCUT2D eigenvalue weighted by atomic mass is 35.5. The zero-order chi connectivity index (χ0) is 21.9. The highest BCUT2D eigenvalue weighted by Crippen LogP contribution is 2.43. The maximum absolute atomic E-state index is 6.73. The van der Waals surface area contributed by atoms with E-state index >= 15 is 0 Å². The predicted octanol–water partition coefficient (Wildman–Crippen LogP) is 3.93. The SMILES string of the molecule is CC1CC(C)(n2cc(-n3ncc4cc(Cl)c(N5CCN(C6CCOC6)CC5)cc43)cn2)C1. The number of hydrogen-bond donors (Lipinski definition) is 0. The molecule has 0 spiro atoms. The Balaban J connectivity index is 1.26. The van der Waals surface area contributed by atoms with Crippen molar-refractivity contribution in [1.82, 2.24) is 24.5 Å². The number of piperazine rings is 1. The van der Waals surface area contributed by atoms with Gasteiger partial charge in [0.05, 0.1) is 47.0 Å². The molecule has 1 saturated carbocycles. The van der Waals surface area contributed by atoms with Crippen LogP contribution in [0.25, 0.3) is 16.6 Å². The summed E-state index contributed by atoms with van der Waals surface area (Å²) in [6.45, 7) is 10.4. The van der Waals surface area contributed by atoms with Crippen LogP contribution in [0.15, 0.2) is 30.7 Å². The number of ether oxygens (including phenoxy) is 1. The molecule has 170 valence electrons. The lowest BCUT2D eigenvalue weighted by Gasteiger charge is -2.43. The first-order chi connectivity index (χ1) is 15.5. The van der Waals surface area contributed by atoms with Crippen LogP contribution < -0.4 is 4.90 Å². The van der Waals surface area contributed by atoms with Gasteiger partial charge in [0, 0.05) is 44.2 Å². The number of nitrogens with zero attached hydrogens (tertiary/aromatic N) is 6. The van der Waals surface area contributed by atoms with Crippen LogP contribution in [0.3, 0.4) is 0 Å². The van der Waals surface area contributed by atoms with Gasteiger partial charge in [0.25, 0.3) is 0 Å². The van der Waals surface area contributed by atoms with Crippen LogP contribution in [0.2, 0.25) is 5.02 Å². The summed E-state index contributed by atoms with van der Waals surface area (Å²) < 4.78 is 9.70. The van der Waals surface area contributed by atoms with E-state index < -0.39 is 0 Å². The molecule has 4 heterocycles. The van der Waals surface area contributed by atoms with E-state index in [-0.39, 0.29) is 5.54 Å². The van der Waals surface area contributed by atoms with Crippen LogP contribution in [-0.4, -0.2) is 69.9 Å². The van der Waals surface area contributed by atoms with E-state index in [1.54, 1.807) is 0 Å². The summed E-state index contributed by atoms with van der Waals surface area (Å²) in [6.07, 6.45) is 9.46. The highest BCUT2D eigenvalue weighted by Gasteiger charge is 2.40. The van der Waals surface area contributed by atoms with Crippen LogP contribution in [0.1, 0.15) is 33.1 Å². The van der Waals surface area contributed by atoms with Crippen LogP contribution in [0.4, 0.5) is 5.69 Å². The molecule has 2 aliphatic heterocycles. The zero-order valence-corrected chi connectivity index (χ0v) is 19.6. The number of anilines is 1. The lowest BCUT2D eigenvalue weighted by molar-refractivity contribution is 0.0840. The minimum Gasteiger partial charge on any atom is -0.380 e. The Morgan fingerprint density at radius 1 is 1.09 bits per heavy atom. The van der Waals surface area contributed by atoms with Gasteiger partial charge in [0.1, 0.15) is 5.69 Å². The minimum atomic E-state index is 0.124. The van der Waals surface area contributed by atoms with Crippen LogP contribution in [0, 0.1) is 5.92 Å². The van der Waals surface area contributed by atoms with E-state index in [1.807, 2.05) is 23.1 Å². The van der Waals surface area contributed by atoms with E-state index in [2.05, 4.69) is 50.8 Å². The van der Waals surface area contributed by atoms with E-state index in [4.69, 9.17) is 16.3 Å². The normalized spacial score (nSPS) is 29.0. The van der Waals surface area contributed by atoms with Gasteiger partial charge in [-0.3, -0.25) is 9.58 Å². The molecule has 0 N–H and O–H groups in total. The molecule has 3 aromatic rings. The van der Waals surface area contributed by atoms with E-state index in [1.165, 1.54) is 12.8 Å². The topological polar surface area (TPSA) is 51.4 Å². The van der Waals surface area contributed by atoms with E-state index in [0.29, 0.717) is 6.04 Å². The van der Waals surface area contributed by atoms with Crippen molar-refractivity contribution in [2.75, 3.05) is 44.3 Å². The van der Waals surface area contributed by atoms with Crippen molar-refractivity contribution in [2.24, 2.45) is 5.92 Å². The second kappa shape index (κ2) is 7.75. The van der Waals surface area contributed by atoms with E-state index in [9.17, 15) is 0 Å². The summed E-state index contributed by atoms with van der Waals surface area (Å²) in [7, 11) is 0. The van der Waals surface area contributed by atoms with Gasteiger partial charge in [-0.2, -0.15) is 10.2 Å². The van der Waals surface area contributed by atoms with Gasteiger partial charge in [0.15, 0.2) is 0 Å². The number of hydrogen-bond acceptors (Lipinski definition) is 5. The van der Waals surface area contributed by atoms with Gasteiger partial charge in [-0.1, -0.05) is 18.5 Å². The lowest BCUT2D eigenvalue weighted by atomic mass is 9.70. The monoisotopic (exact) mass is 454 g/mol. The number of benzene rings is 1. The largest absolute Gasteiger partial charge is 0.380 e. The smallest absolute Gasteiger partial charge is 0.103 e. The summed E-state index contributed by atoms with van der Waals surface area (Å²) in [6, 6.07) is 4.82. The fourth-order valence-corrected chi connectivity index (χ4v) is 6.26. The predicted molar refractivity (Wildman–Crippen MR) is 127 cm³/mol. The molecule has 0 amide bonds. The Morgan fingerprint density at radius 3 is 2.62 bits per heavy atom. The van der Waals surface area contributed by atoms with E-state index in [0.717, 1.165) is 79.0 Å². The Labute approximate surface area is 193 Å². The average molecular weight is 455 g/mol. The summed E-state index contributed by atoms with van der Waals surface area (Å²) in [5.74, 6) is 0.768. The minimum absolute atomic E-state index is 0.124. The van der Waals surface area contributed by atoms with Crippen molar-refractivity contribution >= 4 is 28.2 Å². The number of rotatable bonds is 4. The number of halogens is 1. The molecular weight excluding hydrogens is 424 g/mol. The van der Waals surface area contributed by atoms with Gasteiger partial charge < -0.3 is 9.64 Å². The molecule has 1 aliphatic carbocycles. The fraction of sp³-hybridized carbons (Fsp3) is 0.583. The van der Waals surface area contributed by atoms with Gasteiger partial charge >= 0.3 is 0 Å². The third-order valence-corrected chi connectivity index (χ3v) is 7.96. The van der Waals surface area contributed by atoms with Gasteiger partial charge in [-0.25, -0.2) is 4.68 Å². The molecule has 3 aliphatic rings. The fourth-order valence-electron chi connectivity index (χ4n) is 5.97. The molecule has 1 atom stereocenters. The molecule has 1 unspecified atom stereocenters. The first kappa shape index (κ1) is 20.5. The second-order valence-electron chi connectivity index (χ2n) is 10.1. The quantitative estimate of drug-likeness (QED) is 0.597. The maximum Gasteiger partial charge on any atom is 0.103 e. The van der Waals surface area contributed by atoms with Crippen molar-refractivity contribution in [3.05, 3.63) is 35.7 Å². The zero-order valence-electron chi connectivity index (χ0n) is 18.9. The van der Waals surface area contributed by atoms with Crippen molar-refractivity contribution in [3.63, 3.8) is 0 Å². The van der Waals surface area contributed by atoms with Gasteiger partial charge in [-0.15, -0.1) is 0 Å². The van der Waals surface area contributed by atoms with Crippen molar-refractivity contribution in [2.45, 2.75) is 44.7 Å². The summed E-state index contributed by atoms with van der Waals surface area (Å²) >= 11 is 6.73. The Kier molecular flexibility index (Phi) is 4.97. The third kappa shape index (κ3) is 3.42. The van der Waals surface area contributed by atoms with Gasteiger partial charge in [-0.05, 0) is 44.2 Å². The lowest BCUT2D eigenvalue weighted by Crippen LogP contribution is -2.50. The molecule has 32 heavy (non-hydrogen) atoms. The maximum atomic E-state index is 6.73. The molecule has 2 aromatic heterocycles. The number of fused-ring (bicyclic) bond motifs is 1. The molecule has 3 fully saturated rings. The van der Waals surface area contributed by atoms with Crippen molar-refractivity contribution in [3.8, 4) is 5.69 Å².